The number of nitrogen functional groups attached to an aromatic ring is 1. The lowest BCUT2D eigenvalue weighted by Crippen LogP contribution is -2.21. The maximum atomic E-state index is 6.18. The average Bonchev–Trinajstić information content (AvgIpc) is 2.52. The van der Waals surface area contributed by atoms with E-state index in [1.54, 1.807) is 12.5 Å². The molecule has 0 saturated heterocycles. The van der Waals surface area contributed by atoms with Crippen molar-refractivity contribution in [2.45, 2.75) is 26.3 Å². The fraction of sp³-hybridized carbons (Fsp3) is 0.400. The quantitative estimate of drug-likeness (QED) is 0.813. The molecule has 0 unspecified atom stereocenters. The molecule has 3 N–H and O–H groups in total. The smallest absolute Gasteiger partial charge is 0.157 e. The third-order valence-electron chi connectivity index (χ3n) is 3.25. The van der Waals surface area contributed by atoms with Gasteiger partial charge in [-0.15, -0.1) is 0 Å². The second kappa shape index (κ2) is 7.42. The Morgan fingerprint density at radius 3 is 2.90 bits per heavy atom. The SMILES string of the molecule is CCCCN(C)c1ncnc(NCc2cccnc2)c1N. The Kier molecular flexibility index (Phi) is 5.31. The molecule has 0 aromatic carbocycles. The van der Waals surface area contributed by atoms with Gasteiger partial charge < -0.3 is 16.0 Å². The first kappa shape index (κ1) is 15.0. The molecule has 0 aliphatic rings. The highest BCUT2D eigenvalue weighted by Gasteiger charge is 2.11. The third kappa shape index (κ3) is 4.05. The van der Waals surface area contributed by atoms with Crippen molar-refractivity contribution in [3.8, 4) is 0 Å². The lowest BCUT2D eigenvalue weighted by atomic mass is 10.3. The third-order valence-corrected chi connectivity index (χ3v) is 3.25. The highest BCUT2D eigenvalue weighted by atomic mass is 15.2. The van der Waals surface area contributed by atoms with Crippen molar-refractivity contribution in [2.75, 3.05) is 29.5 Å². The summed E-state index contributed by atoms with van der Waals surface area (Å²) in [4.78, 5) is 14.7. The molecule has 0 saturated carbocycles. The van der Waals surface area contributed by atoms with Gasteiger partial charge in [0.25, 0.3) is 0 Å². The Morgan fingerprint density at radius 2 is 2.19 bits per heavy atom. The number of aromatic nitrogens is 3. The second-order valence-electron chi connectivity index (χ2n) is 4.95. The van der Waals surface area contributed by atoms with Gasteiger partial charge in [0.2, 0.25) is 0 Å². The topological polar surface area (TPSA) is 80.0 Å². The van der Waals surface area contributed by atoms with Crippen LogP contribution in [0.5, 0.6) is 0 Å². The Balaban J connectivity index is 2.07. The second-order valence-corrected chi connectivity index (χ2v) is 4.95. The molecule has 2 heterocycles. The first-order valence-corrected chi connectivity index (χ1v) is 7.16. The molecule has 0 fully saturated rings. The van der Waals surface area contributed by atoms with Crippen LogP contribution in [0.15, 0.2) is 30.9 Å². The van der Waals surface area contributed by atoms with E-state index >= 15 is 0 Å². The molecule has 0 amide bonds. The van der Waals surface area contributed by atoms with Crippen molar-refractivity contribution >= 4 is 17.3 Å². The van der Waals surface area contributed by atoms with Crippen LogP contribution in [0.3, 0.4) is 0 Å². The molecule has 112 valence electrons. The van der Waals surface area contributed by atoms with Gasteiger partial charge in [0.15, 0.2) is 11.6 Å². The minimum absolute atomic E-state index is 0.583. The molecule has 0 aliphatic heterocycles. The maximum Gasteiger partial charge on any atom is 0.157 e. The Bertz CT molecular complexity index is 557. The molecular formula is C15H22N6. The van der Waals surface area contributed by atoms with E-state index in [0.717, 1.165) is 30.8 Å². The van der Waals surface area contributed by atoms with E-state index in [0.29, 0.717) is 18.1 Å². The van der Waals surface area contributed by atoms with Gasteiger partial charge in [-0.2, -0.15) is 0 Å². The van der Waals surface area contributed by atoms with Crippen LogP contribution in [0.2, 0.25) is 0 Å². The number of hydrogen-bond acceptors (Lipinski definition) is 6. The zero-order chi connectivity index (χ0) is 15.1. The highest BCUT2D eigenvalue weighted by molar-refractivity contribution is 5.74. The van der Waals surface area contributed by atoms with Crippen LogP contribution in [0.25, 0.3) is 0 Å². The number of hydrogen-bond donors (Lipinski definition) is 2. The van der Waals surface area contributed by atoms with Crippen LogP contribution in [0.1, 0.15) is 25.3 Å². The van der Waals surface area contributed by atoms with Gasteiger partial charge >= 0.3 is 0 Å². The number of pyridine rings is 1. The summed E-state index contributed by atoms with van der Waals surface area (Å²) in [5, 5.41) is 3.24. The van der Waals surface area contributed by atoms with Crippen LogP contribution in [0.4, 0.5) is 17.3 Å². The first-order valence-electron chi connectivity index (χ1n) is 7.16. The summed E-state index contributed by atoms with van der Waals surface area (Å²) >= 11 is 0. The zero-order valence-electron chi connectivity index (χ0n) is 12.6. The molecule has 6 nitrogen and oxygen atoms in total. The van der Waals surface area contributed by atoms with Crippen molar-refractivity contribution in [3.63, 3.8) is 0 Å². The molecule has 2 aromatic heterocycles. The van der Waals surface area contributed by atoms with Gasteiger partial charge in [-0.1, -0.05) is 19.4 Å². The highest BCUT2D eigenvalue weighted by Crippen LogP contribution is 2.25. The van der Waals surface area contributed by atoms with Crippen molar-refractivity contribution in [1.82, 2.24) is 15.0 Å². The van der Waals surface area contributed by atoms with Gasteiger partial charge in [-0.3, -0.25) is 4.98 Å². The van der Waals surface area contributed by atoms with E-state index in [4.69, 9.17) is 5.73 Å². The van der Waals surface area contributed by atoms with Crippen LogP contribution in [0, 0.1) is 0 Å². The summed E-state index contributed by atoms with van der Waals surface area (Å²) in [7, 11) is 2.00. The zero-order valence-corrected chi connectivity index (χ0v) is 12.6. The largest absolute Gasteiger partial charge is 0.393 e. The molecule has 6 heteroatoms. The van der Waals surface area contributed by atoms with E-state index in [2.05, 4.69) is 32.1 Å². The molecule has 21 heavy (non-hydrogen) atoms. The van der Waals surface area contributed by atoms with Crippen LogP contribution in [-0.2, 0) is 6.54 Å². The van der Waals surface area contributed by atoms with Crippen molar-refractivity contribution in [1.29, 1.82) is 0 Å². The number of nitrogens with zero attached hydrogens (tertiary/aromatic N) is 4. The molecule has 0 atom stereocenters. The number of unbranched alkanes of at least 4 members (excludes halogenated alkanes) is 1. The Morgan fingerprint density at radius 1 is 1.33 bits per heavy atom. The fourth-order valence-corrected chi connectivity index (χ4v) is 2.02. The first-order chi connectivity index (χ1) is 10.2. The van der Waals surface area contributed by atoms with Crippen molar-refractivity contribution in [2.24, 2.45) is 0 Å². The normalized spacial score (nSPS) is 10.4. The molecule has 0 aliphatic carbocycles. The van der Waals surface area contributed by atoms with E-state index in [1.807, 2.05) is 25.4 Å². The standard InChI is InChI=1S/C15H22N6/c1-3-4-8-21(2)15-13(16)14(19-11-20-15)18-10-12-6-5-7-17-9-12/h5-7,9,11H,3-4,8,10,16H2,1-2H3,(H,18,19,20). The molecule has 2 rings (SSSR count). The van der Waals surface area contributed by atoms with Crippen molar-refractivity contribution in [3.05, 3.63) is 36.4 Å². The monoisotopic (exact) mass is 286 g/mol. The summed E-state index contributed by atoms with van der Waals surface area (Å²) in [6, 6.07) is 3.91. The number of anilines is 3. The molecule has 0 spiro atoms. The summed E-state index contributed by atoms with van der Waals surface area (Å²) in [6.07, 6.45) is 7.36. The minimum Gasteiger partial charge on any atom is -0.393 e. The Labute approximate surface area is 125 Å². The lowest BCUT2D eigenvalue weighted by Gasteiger charge is -2.20. The Hall–Kier alpha value is -2.37. The van der Waals surface area contributed by atoms with E-state index in [9.17, 15) is 0 Å². The van der Waals surface area contributed by atoms with Gasteiger partial charge in [0, 0.05) is 32.5 Å². The van der Waals surface area contributed by atoms with Gasteiger partial charge in [0.05, 0.1) is 0 Å². The van der Waals surface area contributed by atoms with Crippen molar-refractivity contribution < 1.29 is 0 Å². The van der Waals surface area contributed by atoms with Crippen LogP contribution >= 0.6 is 0 Å². The lowest BCUT2D eigenvalue weighted by molar-refractivity contribution is 0.759. The maximum absolute atomic E-state index is 6.18. The number of nitrogens with one attached hydrogen (secondary N) is 1. The predicted molar refractivity (Wildman–Crippen MR) is 86.2 cm³/mol. The number of rotatable bonds is 7. The summed E-state index contributed by atoms with van der Waals surface area (Å²) in [5.74, 6) is 1.43. The van der Waals surface area contributed by atoms with Gasteiger partial charge in [0.1, 0.15) is 12.0 Å². The fourth-order valence-electron chi connectivity index (χ4n) is 2.02. The van der Waals surface area contributed by atoms with Gasteiger partial charge in [-0.05, 0) is 18.1 Å². The van der Waals surface area contributed by atoms with Gasteiger partial charge in [-0.25, -0.2) is 9.97 Å². The van der Waals surface area contributed by atoms with E-state index < -0.39 is 0 Å². The average molecular weight is 286 g/mol. The summed E-state index contributed by atoms with van der Waals surface area (Å²) in [6.45, 7) is 3.73. The van der Waals surface area contributed by atoms with Crippen LogP contribution in [-0.4, -0.2) is 28.5 Å². The van der Waals surface area contributed by atoms with E-state index in [-0.39, 0.29) is 0 Å². The summed E-state index contributed by atoms with van der Waals surface area (Å²) in [5.41, 5.74) is 7.84. The summed E-state index contributed by atoms with van der Waals surface area (Å²) < 4.78 is 0. The minimum atomic E-state index is 0.583. The molecule has 0 radical (unpaired) electrons. The van der Waals surface area contributed by atoms with Crippen LogP contribution < -0.4 is 16.0 Å². The molecule has 0 bridgehead atoms. The number of nitrogens with two attached hydrogens (primary N) is 1. The predicted octanol–water partition coefficient (Wildman–Crippen LogP) is 2.30. The molecule has 2 aromatic rings. The molecular weight excluding hydrogens is 264 g/mol. The van der Waals surface area contributed by atoms with E-state index in [1.165, 1.54) is 0 Å².